The summed E-state index contributed by atoms with van der Waals surface area (Å²) in [4.78, 5) is 32.1. The topological polar surface area (TPSA) is 77.8 Å². The summed E-state index contributed by atoms with van der Waals surface area (Å²) >= 11 is 0. The van der Waals surface area contributed by atoms with E-state index < -0.39 is 19.2 Å². The molecule has 2 N–H and O–H groups in total. The van der Waals surface area contributed by atoms with Gasteiger partial charge in [-0.2, -0.15) is 0 Å². The Bertz CT molecular complexity index is 542. The quantitative estimate of drug-likeness (QED) is 0.838. The first-order valence-electron chi connectivity index (χ1n) is 6.42. The summed E-state index contributed by atoms with van der Waals surface area (Å²) in [7, 11) is -4.42. The van der Waals surface area contributed by atoms with Crippen LogP contribution in [0.4, 0.5) is 4.39 Å². The van der Waals surface area contributed by atoms with Crippen LogP contribution in [0.3, 0.4) is 0 Å². The van der Waals surface area contributed by atoms with Gasteiger partial charge in [0.15, 0.2) is 0 Å². The van der Waals surface area contributed by atoms with Crippen LogP contribution in [0.15, 0.2) is 24.3 Å². The number of hydrogen-bond donors (Lipinski definition) is 2. The van der Waals surface area contributed by atoms with E-state index in [2.05, 4.69) is 0 Å². The van der Waals surface area contributed by atoms with Crippen LogP contribution in [0, 0.1) is 5.82 Å². The summed E-state index contributed by atoms with van der Waals surface area (Å²) in [6.45, 7) is 2.22. The van der Waals surface area contributed by atoms with Crippen molar-refractivity contribution >= 4 is 13.5 Å². The molecule has 0 aromatic heterocycles. The van der Waals surface area contributed by atoms with Crippen molar-refractivity contribution < 1.29 is 23.5 Å². The lowest BCUT2D eigenvalue weighted by Gasteiger charge is -2.36. The van der Waals surface area contributed by atoms with Gasteiger partial charge in [-0.25, -0.2) is 4.39 Å². The van der Waals surface area contributed by atoms with Gasteiger partial charge in [-0.1, -0.05) is 12.1 Å². The Labute approximate surface area is 116 Å². The van der Waals surface area contributed by atoms with Gasteiger partial charge in [0, 0.05) is 6.54 Å². The number of nitrogens with zero attached hydrogens (tertiary/aromatic N) is 1. The number of likely N-dealkylation sites (tertiary alicyclic amines) is 1. The van der Waals surface area contributed by atoms with E-state index in [1.54, 1.807) is 19.1 Å². The Balaban J connectivity index is 2.21. The Hall–Kier alpha value is -1.23. The van der Waals surface area contributed by atoms with Gasteiger partial charge in [-0.15, -0.1) is 0 Å². The van der Waals surface area contributed by atoms with E-state index in [9.17, 15) is 23.5 Å². The molecule has 1 aliphatic rings. The summed E-state index contributed by atoms with van der Waals surface area (Å²) in [6.07, 6.45) is 0.753. The number of hydrogen-bond acceptors (Lipinski definition) is 2. The monoisotopic (exact) mass is 301 g/mol. The highest BCUT2D eigenvalue weighted by Crippen LogP contribution is 2.46. The van der Waals surface area contributed by atoms with Crippen LogP contribution < -0.4 is 0 Å². The molecule has 5 nitrogen and oxygen atoms in total. The molecule has 1 amide bonds. The van der Waals surface area contributed by atoms with Crippen molar-refractivity contribution in [1.82, 2.24) is 4.90 Å². The van der Waals surface area contributed by atoms with Gasteiger partial charge in [-0.3, -0.25) is 9.36 Å². The van der Waals surface area contributed by atoms with Crippen LogP contribution in [-0.4, -0.2) is 32.8 Å². The summed E-state index contributed by atoms with van der Waals surface area (Å²) < 4.78 is 24.2. The lowest BCUT2D eigenvalue weighted by Crippen LogP contribution is -2.45. The molecule has 0 radical (unpaired) electrons. The van der Waals surface area contributed by atoms with Gasteiger partial charge in [0.1, 0.15) is 11.5 Å². The number of halogens is 1. The molecule has 1 aromatic carbocycles. The predicted octanol–water partition coefficient (Wildman–Crippen LogP) is 2.06. The van der Waals surface area contributed by atoms with Crippen LogP contribution >= 0.6 is 7.60 Å². The van der Waals surface area contributed by atoms with Crippen molar-refractivity contribution in [3.8, 4) is 0 Å². The summed E-state index contributed by atoms with van der Waals surface area (Å²) in [6, 6.07) is 5.43. The molecule has 2 atom stereocenters. The average Bonchev–Trinajstić information content (AvgIpc) is 2.37. The van der Waals surface area contributed by atoms with Crippen molar-refractivity contribution in [2.45, 2.75) is 31.5 Å². The van der Waals surface area contributed by atoms with Crippen molar-refractivity contribution in [3.05, 3.63) is 35.6 Å². The highest BCUT2D eigenvalue weighted by atomic mass is 31.2. The van der Waals surface area contributed by atoms with Crippen molar-refractivity contribution in [1.29, 1.82) is 0 Å². The molecular weight excluding hydrogens is 284 g/mol. The molecule has 0 aliphatic carbocycles. The number of amides is 1. The van der Waals surface area contributed by atoms with E-state index in [1.807, 2.05) is 0 Å². The van der Waals surface area contributed by atoms with Crippen LogP contribution in [-0.2, 0) is 9.36 Å². The van der Waals surface area contributed by atoms with E-state index in [0.717, 1.165) is 5.56 Å². The molecule has 1 unspecified atom stereocenters. The summed E-state index contributed by atoms with van der Waals surface area (Å²) in [5, 5.41) is 0. The number of carbonyl (C=O) groups excluding carboxylic acids is 1. The van der Waals surface area contributed by atoms with E-state index in [1.165, 1.54) is 17.0 Å². The van der Waals surface area contributed by atoms with Crippen molar-refractivity contribution in [2.75, 3.05) is 6.54 Å². The molecule has 1 aliphatic heterocycles. The fourth-order valence-electron chi connectivity index (χ4n) is 2.50. The van der Waals surface area contributed by atoms with E-state index >= 15 is 0 Å². The van der Waals surface area contributed by atoms with Crippen molar-refractivity contribution in [2.24, 2.45) is 0 Å². The molecule has 2 rings (SSSR count). The second-order valence-electron chi connectivity index (χ2n) is 5.01. The van der Waals surface area contributed by atoms with Gasteiger partial charge >= 0.3 is 7.60 Å². The average molecular weight is 301 g/mol. The SMILES string of the molecule is C[C@@H](c1ccc(F)cc1)N1CCCC(P(=O)(O)O)C1=O. The van der Waals surface area contributed by atoms with E-state index in [-0.39, 0.29) is 18.3 Å². The van der Waals surface area contributed by atoms with E-state index in [0.29, 0.717) is 13.0 Å². The first-order valence-corrected chi connectivity index (χ1v) is 8.10. The molecule has 1 saturated heterocycles. The van der Waals surface area contributed by atoms with Gasteiger partial charge < -0.3 is 14.7 Å². The molecule has 110 valence electrons. The van der Waals surface area contributed by atoms with E-state index in [4.69, 9.17) is 0 Å². The number of carbonyl (C=O) groups is 1. The zero-order valence-corrected chi connectivity index (χ0v) is 12.0. The minimum absolute atomic E-state index is 0.204. The molecule has 1 heterocycles. The maximum atomic E-state index is 12.9. The van der Waals surface area contributed by atoms with Gasteiger partial charge in [0.05, 0.1) is 6.04 Å². The lowest BCUT2D eigenvalue weighted by molar-refractivity contribution is -0.135. The highest BCUT2D eigenvalue weighted by Gasteiger charge is 2.42. The number of rotatable bonds is 3. The zero-order chi connectivity index (χ0) is 14.9. The molecular formula is C13H17FNO4P. The smallest absolute Gasteiger partial charge is 0.335 e. The largest absolute Gasteiger partial charge is 0.337 e. The standard InChI is InChI=1S/C13H17FNO4P/c1-9(10-4-6-11(14)7-5-10)15-8-2-3-12(13(15)16)20(17,18)19/h4-7,9,12H,2-3,8H2,1H3,(H2,17,18,19)/t9-,12?/m0/s1. The second kappa shape index (κ2) is 5.64. The Morgan fingerprint density at radius 1 is 1.35 bits per heavy atom. The maximum Gasteiger partial charge on any atom is 0.337 e. The fourth-order valence-corrected chi connectivity index (χ4v) is 3.45. The Morgan fingerprint density at radius 3 is 2.50 bits per heavy atom. The number of benzene rings is 1. The molecule has 0 bridgehead atoms. The van der Waals surface area contributed by atoms with Crippen LogP contribution in [0.1, 0.15) is 31.4 Å². The third-order valence-corrected chi connectivity index (χ3v) is 4.96. The van der Waals surface area contributed by atoms with Gasteiger partial charge in [0.2, 0.25) is 5.91 Å². The van der Waals surface area contributed by atoms with Crippen LogP contribution in [0.5, 0.6) is 0 Å². The zero-order valence-electron chi connectivity index (χ0n) is 11.1. The lowest BCUT2D eigenvalue weighted by atomic mass is 10.0. The summed E-state index contributed by atoms with van der Waals surface area (Å²) in [5.41, 5.74) is -0.509. The second-order valence-corrected chi connectivity index (χ2v) is 6.81. The fraction of sp³-hybridized carbons (Fsp3) is 0.462. The minimum atomic E-state index is -4.42. The summed E-state index contributed by atoms with van der Waals surface area (Å²) in [5.74, 6) is -0.888. The molecule has 0 spiro atoms. The number of piperidine rings is 1. The van der Waals surface area contributed by atoms with Gasteiger partial charge in [0.25, 0.3) is 0 Å². The first-order chi connectivity index (χ1) is 9.30. The van der Waals surface area contributed by atoms with Crippen molar-refractivity contribution in [3.63, 3.8) is 0 Å². The van der Waals surface area contributed by atoms with Gasteiger partial charge in [-0.05, 0) is 37.5 Å². The molecule has 0 saturated carbocycles. The maximum absolute atomic E-state index is 12.9. The van der Waals surface area contributed by atoms with Crippen LogP contribution in [0.25, 0.3) is 0 Å². The normalized spacial score (nSPS) is 21.9. The molecule has 1 fully saturated rings. The Kier molecular flexibility index (Phi) is 4.28. The third-order valence-electron chi connectivity index (χ3n) is 3.67. The molecule has 7 heteroatoms. The molecule has 20 heavy (non-hydrogen) atoms. The Morgan fingerprint density at radius 2 is 1.95 bits per heavy atom. The van der Waals surface area contributed by atoms with Crippen LogP contribution in [0.2, 0.25) is 0 Å². The predicted molar refractivity (Wildman–Crippen MR) is 71.6 cm³/mol. The first kappa shape index (κ1) is 15.2. The minimum Gasteiger partial charge on any atom is -0.335 e. The third kappa shape index (κ3) is 3.08. The highest BCUT2D eigenvalue weighted by molar-refractivity contribution is 7.53. The molecule has 1 aromatic rings.